The third-order valence-electron chi connectivity index (χ3n) is 14.8. The Labute approximate surface area is 246 Å². The molecular weight excluding hydrogens is 524 g/mol. The molecule has 1 heterocycles. The van der Waals surface area contributed by atoms with Crippen LogP contribution in [0, 0.1) is 50.7 Å². The Hall–Kier alpha value is -0.320. The Morgan fingerprint density at radius 3 is 2.27 bits per heavy atom. The second-order valence-electron chi connectivity index (χ2n) is 16.2. The van der Waals surface area contributed by atoms with Gasteiger partial charge in [0.25, 0.3) is 0 Å². The van der Waals surface area contributed by atoms with Gasteiger partial charge in [0.05, 0.1) is 31.5 Å². The monoisotopic (exact) mass is 580 g/mol. The van der Waals surface area contributed by atoms with Crippen LogP contribution in [0.5, 0.6) is 0 Å². The summed E-state index contributed by atoms with van der Waals surface area (Å²) >= 11 is 0. The molecule has 5 saturated carbocycles. The van der Waals surface area contributed by atoms with Gasteiger partial charge in [0, 0.05) is 12.5 Å². The molecule has 7 unspecified atom stereocenters. The summed E-state index contributed by atoms with van der Waals surface area (Å²) < 4.78 is 17.6. The van der Waals surface area contributed by atoms with Crippen molar-refractivity contribution in [3.8, 4) is 0 Å². The van der Waals surface area contributed by atoms with Crippen LogP contribution in [0.15, 0.2) is 0 Å². The fourth-order valence-electron chi connectivity index (χ4n) is 12.4. The molecule has 0 radical (unpaired) electrons. The first kappa shape index (κ1) is 30.7. The highest BCUT2D eigenvalue weighted by Gasteiger charge is 2.83. The summed E-state index contributed by atoms with van der Waals surface area (Å²) in [6.45, 7) is 11.8. The topological polar surface area (TPSA) is 129 Å². The first-order chi connectivity index (χ1) is 19.2. The first-order valence-corrected chi connectivity index (χ1v) is 16.4. The lowest BCUT2D eigenvalue weighted by Crippen LogP contribution is -2.61. The van der Waals surface area contributed by atoms with Crippen molar-refractivity contribution in [2.75, 3.05) is 20.3 Å². The molecule has 8 nitrogen and oxygen atoms in total. The molecule has 0 aromatic carbocycles. The van der Waals surface area contributed by atoms with Gasteiger partial charge in [-0.1, -0.05) is 34.6 Å². The van der Waals surface area contributed by atoms with Crippen molar-refractivity contribution in [2.45, 2.75) is 135 Å². The van der Waals surface area contributed by atoms with Crippen molar-refractivity contribution in [1.82, 2.24) is 0 Å². The highest BCUT2D eigenvalue weighted by atomic mass is 16.7. The van der Waals surface area contributed by atoms with Gasteiger partial charge in [-0.15, -0.1) is 0 Å². The molecule has 5 N–H and O–H groups in total. The zero-order valence-corrected chi connectivity index (χ0v) is 26.1. The number of aliphatic hydroxyl groups is 5. The summed E-state index contributed by atoms with van der Waals surface area (Å²) in [5.74, 6) is 1.78. The Morgan fingerprint density at radius 1 is 0.902 bits per heavy atom. The molecule has 0 amide bonds. The van der Waals surface area contributed by atoms with Crippen molar-refractivity contribution < 1.29 is 39.7 Å². The number of hydrogen-bond donors (Lipinski definition) is 5. The summed E-state index contributed by atoms with van der Waals surface area (Å²) in [5, 5.41) is 52.3. The van der Waals surface area contributed by atoms with Crippen LogP contribution < -0.4 is 0 Å². The lowest BCUT2D eigenvalue weighted by molar-refractivity contribution is -0.303. The lowest BCUT2D eigenvalue weighted by atomic mass is 9.41. The molecule has 41 heavy (non-hydrogen) atoms. The van der Waals surface area contributed by atoms with Crippen LogP contribution in [0.4, 0.5) is 0 Å². The number of aliphatic hydroxyl groups excluding tert-OH is 5. The van der Waals surface area contributed by atoms with E-state index >= 15 is 0 Å². The molecule has 236 valence electrons. The standard InChI is InChI=1S/C33H56O8/c1-18(13-19(15-34)39-6)20-14-24(36)31(5)23-8-7-22-29(2,3)25(41-28-27(38)26(37)21(35)16-40-28)9-10-32(22)17-33(23,32)12-11-30(20,31)4/h18-28,34-38H,7-17H2,1-6H3/t18-,19+,20-,21-,22+,23?,24+,25?,26?,27-,28?,30?,31-,32?,33?/m1/s1. The smallest absolute Gasteiger partial charge is 0.186 e. The van der Waals surface area contributed by atoms with E-state index in [1.54, 1.807) is 7.11 Å². The molecule has 0 bridgehead atoms. The highest BCUT2D eigenvalue weighted by molar-refractivity contribution is 5.31. The van der Waals surface area contributed by atoms with Gasteiger partial charge in [-0.25, -0.2) is 0 Å². The Bertz CT molecular complexity index is 986. The Morgan fingerprint density at radius 2 is 1.59 bits per heavy atom. The molecule has 6 fully saturated rings. The van der Waals surface area contributed by atoms with E-state index in [2.05, 4.69) is 34.6 Å². The van der Waals surface area contributed by atoms with E-state index in [-0.39, 0.29) is 58.6 Å². The van der Waals surface area contributed by atoms with E-state index < -0.39 is 24.6 Å². The predicted molar refractivity (Wildman–Crippen MR) is 153 cm³/mol. The zero-order chi connectivity index (χ0) is 29.8. The number of rotatable bonds is 7. The van der Waals surface area contributed by atoms with Gasteiger partial charge in [0.2, 0.25) is 0 Å². The average Bonchev–Trinajstić information content (AvgIpc) is 3.55. The second-order valence-corrected chi connectivity index (χ2v) is 16.2. The van der Waals surface area contributed by atoms with Crippen LogP contribution in [0.2, 0.25) is 0 Å². The number of fused-ring (bicyclic) bond motifs is 2. The van der Waals surface area contributed by atoms with Crippen molar-refractivity contribution >= 4 is 0 Å². The van der Waals surface area contributed by atoms with Crippen LogP contribution in [0.25, 0.3) is 0 Å². The molecule has 0 aromatic rings. The van der Waals surface area contributed by atoms with Gasteiger partial charge in [-0.3, -0.25) is 0 Å². The van der Waals surface area contributed by atoms with Crippen molar-refractivity contribution in [3.63, 3.8) is 0 Å². The van der Waals surface area contributed by atoms with Crippen LogP contribution in [-0.4, -0.2) is 88.8 Å². The van der Waals surface area contributed by atoms with Crippen molar-refractivity contribution in [2.24, 2.45) is 50.7 Å². The molecule has 8 heteroatoms. The molecule has 0 aromatic heterocycles. The fraction of sp³-hybridized carbons (Fsp3) is 1.00. The lowest BCUT2D eigenvalue weighted by Gasteiger charge is -2.64. The molecule has 6 aliphatic rings. The maximum absolute atomic E-state index is 11.9. The predicted octanol–water partition coefficient (Wildman–Crippen LogP) is 3.25. The maximum Gasteiger partial charge on any atom is 0.186 e. The molecule has 1 saturated heterocycles. The highest BCUT2D eigenvalue weighted by Crippen LogP contribution is 2.89. The van der Waals surface area contributed by atoms with Gasteiger partial charge in [-0.05, 0) is 103 Å². The van der Waals surface area contributed by atoms with Crippen LogP contribution in [0.1, 0.15) is 92.4 Å². The number of methoxy groups -OCH3 is 1. The third kappa shape index (κ3) is 4.00. The molecule has 5 aliphatic carbocycles. The molecule has 6 rings (SSSR count). The van der Waals surface area contributed by atoms with E-state index in [1.165, 1.54) is 12.8 Å². The van der Waals surface area contributed by atoms with Crippen molar-refractivity contribution in [3.05, 3.63) is 0 Å². The van der Waals surface area contributed by atoms with Crippen LogP contribution in [0.3, 0.4) is 0 Å². The van der Waals surface area contributed by atoms with Gasteiger partial charge in [-0.2, -0.15) is 0 Å². The van der Waals surface area contributed by atoms with Gasteiger partial charge >= 0.3 is 0 Å². The summed E-state index contributed by atoms with van der Waals surface area (Å²) in [4.78, 5) is 0. The quantitative estimate of drug-likeness (QED) is 0.290. The molecule has 2 spiro atoms. The second kappa shape index (κ2) is 10.1. The zero-order valence-electron chi connectivity index (χ0n) is 26.1. The Kier molecular flexibility index (Phi) is 7.56. The van der Waals surface area contributed by atoms with Gasteiger partial charge in [0.15, 0.2) is 6.29 Å². The maximum atomic E-state index is 11.9. The van der Waals surface area contributed by atoms with E-state index in [0.717, 1.165) is 44.9 Å². The van der Waals surface area contributed by atoms with E-state index in [4.69, 9.17) is 14.2 Å². The largest absolute Gasteiger partial charge is 0.394 e. The van der Waals surface area contributed by atoms with Crippen molar-refractivity contribution in [1.29, 1.82) is 0 Å². The number of hydrogen-bond acceptors (Lipinski definition) is 8. The Balaban J connectivity index is 1.22. The average molecular weight is 581 g/mol. The van der Waals surface area contributed by atoms with E-state index in [1.807, 2.05) is 0 Å². The van der Waals surface area contributed by atoms with Gasteiger partial charge in [0.1, 0.15) is 18.3 Å². The fourth-order valence-corrected chi connectivity index (χ4v) is 12.4. The van der Waals surface area contributed by atoms with E-state index in [0.29, 0.717) is 23.7 Å². The minimum atomic E-state index is -1.26. The summed E-state index contributed by atoms with van der Waals surface area (Å²) in [7, 11) is 1.68. The summed E-state index contributed by atoms with van der Waals surface area (Å²) in [6, 6.07) is 0. The normalized spacial score (nSPS) is 55.2. The van der Waals surface area contributed by atoms with Crippen LogP contribution >= 0.6 is 0 Å². The van der Waals surface area contributed by atoms with Gasteiger partial charge < -0.3 is 39.7 Å². The minimum absolute atomic E-state index is 0.0363. The first-order valence-electron chi connectivity index (χ1n) is 16.4. The molecular formula is C33H56O8. The van der Waals surface area contributed by atoms with E-state index in [9.17, 15) is 25.5 Å². The SMILES string of the molecule is CO[C@H](CO)C[C@@H](C)[C@H]1C[C@H](O)[C@@]2(C)C3CC[C@H]4C(C)(C)C(OC5OC[C@@H](O)C(O)[C@H]5O)CCC45CC35CCC12C. The molecule has 1 aliphatic heterocycles. The summed E-state index contributed by atoms with van der Waals surface area (Å²) in [5.41, 5.74) is 0.347. The molecule has 15 atom stereocenters. The van der Waals surface area contributed by atoms with Crippen LogP contribution in [-0.2, 0) is 14.2 Å². The third-order valence-corrected chi connectivity index (χ3v) is 14.8. The minimum Gasteiger partial charge on any atom is -0.394 e. The summed E-state index contributed by atoms with van der Waals surface area (Å²) in [6.07, 6.45) is 4.36. The number of ether oxygens (including phenoxy) is 3.